The Labute approximate surface area is 300 Å². The normalized spacial score (nSPS) is 11.5. The van der Waals surface area contributed by atoms with E-state index in [0.717, 1.165) is 44.6 Å². The number of hydrogen-bond donors (Lipinski definition) is 0. The average Bonchev–Trinajstić information content (AvgIpc) is 3.78. The molecule has 2 aromatic heterocycles. The van der Waals surface area contributed by atoms with Crippen LogP contribution in [0.4, 0.5) is 17.1 Å². The summed E-state index contributed by atoms with van der Waals surface area (Å²) in [7, 11) is 0. The van der Waals surface area contributed by atoms with Crippen molar-refractivity contribution in [2.75, 3.05) is 4.90 Å². The third-order valence-corrected chi connectivity index (χ3v) is 11.1. The average molecular weight is 670 g/mol. The second-order valence-electron chi connectivity index (χ2n) is 12.9. The maximum absolute atomic E-state index is 6.50. The van der Waals surface area contributed by atoms with Crippen molar-refractivity contribution in [2.24, 2.45) is 0 Å². The number of thiophene rings is 1. The van der Waals surface area contributed by atoms with Crippen molar-refractivity contribution < 1.29 is 4.42 Å². The van der Waals surface area contributed by atoms with Gasteiger partial charge in [0, 0.05) is 42.3 Å². The number of rotatable bonds is 6. The minimum atomic E-state index is 0.877. The van der Waals surface area contributed by atoms with Gasteiger partial charge in [-0.3, -0.25) is 0 Å². The Morgan fingerprint density at radius 1 is 0.392 bits per heavy atom. The quantitative estimate of drug-likeness (QED) is 0.175. The van der Waals surface area contributed by atoms with Gasteiger partial charge in [0.15, 0.2) is 0 Å². The molecular formula is C48H31NOS. The third-order valence-electron chi connectivity index (χ3n) is 9.86. The van der Waals surface area contributed by atoms with E-state index in [1.165, 1.54) is 48.0 Å². The second kappa shape index (κ2) is 12.2. The smallest absolute Gasteiger partial charge is 0.136 e. The van der Waals surface area contributed by atoms with Gasteiger partial charge in [0.1, 0.15) is 11.2 Å². The van der Waals surface area contributed by atoms with Crippen molar-refractivity contribution in [3.8, 4) is 33.4 Å². The van der Waals surface area contributed by atoms with Crippen LogP contribution in [0.1, 0.15) is 0 Å². The lowest BCUT2D eigenvalue weighted by Crippen LogP contribution is -2.10. The summed E-state index contributed by atoms with van der Waals surface area (Å²) in [6.45, 7) is 0. The summed E-state index contributed by atoms with van der Waals surface area (Å²) in [6, 6.07) is 67.3. The van der Waals surface area contributed by atoms with Crippen LogP contribution >= 0.6 is 11.3 Å². The molecule has 0 saturated carbocycles. The molecule has 8 aromatic carbocycles. The molecule has 0 saturated heterocycles. The zero-order valence-corrected chi connectivity index (χ0v) is 28.5. The van der Waals surface area contributed by atoms with E-state index in [1.54, 1.807) is 0 Å². The van der Waals surface area contributed by atoms with Crippen LogP contribution in [0.5, 0.6) is 0 Å². The predicted molar refractivity (Wildman–Crippen MR) is 218 cm³/mol. The van der Waals surface area contributed by atoms with Gasteiger partial charge in [-0.15, -0.1) is 11.3 Å². The van der Waals surface area contributed by atoms with E-state index in [9.17, 15) is 0 Å². The van der Waals surface area contributed by atoms with Gasteiger partial charge in [0.25, 0.3) is 0 Å². The van der Waals surface area contributed by atoms with Crippen LogP contribution in [0.2, 0.25) is 0 Å². The van der Waals surface area contributed by atoms with E-state index in [0.29, 0.717) is 0 Å². The summed E-state index contributed by atoms with van der Waals surface area (Å²) in [4.78, 5) is 2.43. The number of nitrogens with zero attached hydrogens (tertiary/aromatic N) is 1. The lowest BCUT2D eigenvalue weighted by Gasteiger charge is -2.27. The molecule has 240 valence electrons. The van der Waals surface area contributed by atoms with Gasteiger partial charge in [-0.1, -0.05) is 133 Å². The molecule has 51 heavy (non-hydrogen) atoms. The highest BCUT2D eigenvalue weighted by Crippen LogP contribution is 2.49. The number of furan rings is 1. The molecule has 0 amide bonds. The van der Waals surface area contributed by atoms with Crippen LogP contribution < -0.4 is 4.90 Å². The Kier molecular flexibility index (Phi) is 7.04. The highest BCUT2D eigenvalue weighted by molar-refractivity contribution is 7.26. The molecule has 0 unspecified atom stereocenters. The molecule has 0 fully saturated rings. The van der Waals surface area contributed by atoms with Crippen molar-refractivity contribution in [2.45, 2.75) is 0 Å². The van der Waals surface area contributed by atoms with Gasteiger partial charge < -0.3 is 9.32 Å². The number of benzene rings is 8. The molecule has 2 heterocycles. The maximum Gasteiger partial charge on any atom is 0.136 e. The first kappa shape index (κ1) is 29.5. The first-order chi connectivity index (χ1) is 25.3. The summed E-state index contributed by atoms with van der Waals surface area (Å²) < 4.78 is 9.06. The van der Waals surface area contributed by atoms with Gasteiger partial charge in [-0.25, -0.2) is 0 Å². The molecule has 0 radical (unpaired) electrons. The fraction of sp³-hybridized carbons (Fsp3) is 0. The zero-order chi connectivity index (χ0) is 33.7. The van der Waals surface area contributed by atoms with E-state index in [1.807, 2.05) is 17.4 Å². The van der Waals surface area contributed by atoms with Crippen molar-refractivity contribution in [3.05, 3.63) is 188 Å². The highest BCUT2D eigenvalue weighted by atomic mass is 32.1. The maximum atomic E-state index is 6.50. The topological polar surface area (TPSA) is 16.4 Å². The van der Waals surface area contributed by atoms with Crippen LogP contribution in [0.15, 0.2) is 192 Å². The zero-order valence-electron chi connectivity index (χ0n) is 27.7. The van der Waals surface area contributed by atoms with Gasteiger partial charge in [0.05, 0.1) is 5.69 Å². The highest BCUT2D eigenvalue weighted by Gasteiger charge is 2.22. The number of fused-ring (bicyclic) bond motifs is 6. The molecule has 0 N–H and O–H groups in total. The van der Waals surface area contributed by atoms with Gasteiger partial charge in [-0.2, -0.15) is 0 Å². The standard InChI is InChI=1S/C48H31NOS/c1-4-13-32(14-5-1)35-19-12-20-37(29-35)49(38-24-28-44-42(31-38)40-25-23-36(30-45(40)50-44)33-15-6-2-7-16-33)43-27-26-39(34-17-8-3-9-18-34)48-47(43)41-21-10-11-22-46(41)51-48/h1-31H. The van der Waals surface area contributed by atoms with E-state index >= 15 is 0 Å². The molecule has 0 aliphatic heterocycles. The number of anilines is 3. The SMILES string of the molecule is c1ccc(-c2cccc(N(c3ccc4oc5cc(-c6ccccc6)ccc5c4c3)c3ccc(-c4ccccc4)c4sc5ccccc5c34)c2)cc1. The van der Waals surface area contributed by atoms with E-state index in [4.69, 9.17) is 4.42 Å². The van der Waals surface area contributed by atoms with E-state index < -0.39 is 0 Å². The Balaban J connectivity index is 1.22. The fourth-order valence-electron chi connectivity index (χ4n) is 7.44. The summed E-state index contributed by atoms with van der Waals surface area (Å²) >= 11 is 1.87. The Bertz CT molecular complexity index is 2850. The summed E-state index contributed by atoms with van der Waals surface area (Å²) in [5.74, 6) is 0. The molecule has 0 atom stereocenters. The van der Waals surface area contributed by atoms with Gasteiger partial charge in [0.2, 0.25) is 0 Å². The summed E-state index contributed by atoms with van der Waals surface area (Å²) in [6.07, 6.45) is 0. The largest absolute Gasteiger partial charge is 0.456 e. The van der Waals surface area contributed by atoms with E-state index in [-0.39, 0.29) is 0 Å². The monoisotopic (exact) mass is 669 g/mol. The molecule has 3 heteroatoms. The molecule has 10 rings (SSSR count). The Hall–Kier alpha value is -6.42. The third kappa shape index (κ3) is 5.10. The van der Waals surface area contributed by atoms with Crippen LogP contribution in [0.25, 0.3) is 75.5 Å². The molecule has 0 aliphatic carbocycles. The lowest BCUT2D eigenvalue weighted by atomic mass is 9.99. The minimum absolute atomic E-state index is 0.877. The fourth-order valence-corrected chi connectivity index (χ4v) is 8.70. The molecule has 2 nitrogen and oxygen atoms in total. The van der Waals surface area contributed by atoms with Crippen LogP contribution in [0.3, 0.4) is 0 Å². The van der Waals surface area contributed by atoms with Crippen LogP contribution in [0, 0.1) is 0 Å². The lowest BCUT2D eigenvalue weighted by molar-refractivity contribution is 0.669. The Morgan fingerprint density at radius 3 is 1.80 bits per heavy atom. The summed E-state index contributed by atoms with van der Waals surface area (Å²) in [5.41, 5.74) is 12.2. The van der Waals surface area contributed by atoms with Gasteiger partial charge >= 0.3 is 0 Å². The van der Waals surface area contributed by atoms with Crippen molar-refractivity contribution in [1.82, 2.24) is 0 Å². The molecule has 10 aromatic rings. The van der Waals surface area contributed by atoms with Gasteiger partial charge in [-0.05, 0) is 88.0 Å². The van der Waals surface area contributed by atoms with E-state index in [2.05, 4.69) is 187 Å². The van der Waals surface area contributed by atoms with Crippen molar-refractivity contribution in [1.29, 1.82) is 0 Å². The van der Waals surface area contributed by atoms with Crippen LogP contribution in [-0.4, -0.2) is 0 Å². The van der Waals surface area contributed by atoms with Crippen molar-refractivity contribution >= 4 is 70.5 Å². The molecule has 0 bridgehead atoms. The minimum Gasteiger partial charge on any atom is -0.456 e. The molecular weight excluding hydrogens is 639 g/mol. The Morgan fingerprint density at radius 2 is 1.04 bits per heavy atom. The number of hydrogen-bond acceptors (Lipinski definition) is 3. The first-order valence-corrected chi connectivity index (χ1v) is 18.1. The summed E-state index contributed by atoms with van der Waals surface area (Å²) in [5, 5.41) is 4.72. The molecule has 0 aliphatic rings. The first-order valence-electron chi connectivity index (χ1n) is 17.3. The second-order valence-corrected chi connectivity index (χ2v) is 14.0. The van der Waals surface area contributed by atoms with Crippen molar-refractivity contribution in [3.63, 3.8) is 0 Å². The predicted octanol–water partition coefficient (Wildman–Crippen LogP) is 14.4. The van der Waals surface area contributed by atoms with Crippen LogP contribution in [-0.2, 0) is 0 Å². The molecule has 0 spiro atoms.